The van der Waals surface area contributed by atoms with Crippen molar-refractivity contribution in [2.24, 2.45) is 0 Å². The van der Waals surface area contributed by atoms with E-state index in [2.05, 4.69) is 5.32 Å². The molecule has 0 saturated carbocycles. The van der Waals surface area contributed by atoms with E-state index in [9.17, 15) is 9.59 Å². The third-order valence-electron chi connectivity index (χ3n) is 4.57. The number of aryl methyl sites for hydroxylation is 1. The minimum absolute atomic E-state index is 0.0405. The standard InChI is InChI=1S/C23H19NO4/c1-15-6-9-18(10-7-15)24-21(25)14-28-22(26)12-17-13-27-20-11-8-16-4-2-3-5-19(16)23(17)20/h2-11,13H,12,14H2,1H3,(H,24,25). The van der Waals surface area contributed by atoms with Gasteiger partial charge in [0.25, 0.3) is 5.91 Å². The highest BCUT2D eigenvalue weighted by atomic mass is 16.5. The highest BCUT2D eigenvalue weighted by Crippen LogP contribution is 2.30. The molecular weight excluding hydrogens is 354 g/mol. The van der Waals surface area contributed by atoms with Crippen LogP contribution in [0.25, 0.3) is 21.7 Å². The SMILES string of the molecule is Cc1ccc(NC(=O)COC(=O)Cc2coc3ccc4ccccc4c23)cc1. The third kappa shape index (κ3) is 3.74. The molecule has 0 spiro atoms. The first-order chi connectivity index (χ1) is 13.6. The molecule has 1 aromatic heterocycles. The van der Waals surface area contributed by atoms with Crippen LogP contribution in [0.2, 0.25) is 0 Å². The summed E-state index contributed by atoms with van der Waals surface area (Å²) in [4.78, 5) is 24.2. The van der Waals surface area contributed by atoms with Crippen LogP contribution in [0.5, 0.6) is 0 Å². The number of anilines is 1. The second kappa shape index (κ2) is 7.56. The number of fused-ring (bicyclic) bond motifs is 3. The molecule has 0 radical (unpaired) electrons. The Morgan fingerprint density at radius 3 is 2.61 bits per heavy atom. The fraction of sp³-hybridized carbons (Fsp3) is 0.130. The Morgan fingerprint density at radius 2 is 1.79 bits per heavy atom. The molecule has 4 aromatic rings. The predicted octanol–water partition coefficient (Wildman–Crippen LogP) is 4.62. The van der Waals surface area contributed by atoms with Crippen LogP contribution < -0.4 is 5.32 Å². The topological polar surface area (TPSA) is 68.5 Å². The molecule has 0 aliphatic rings. The Morgan fingerprint density at radius 1 is 1.00 bits per heavy atom. The second-order valence-electron chi connectivity index (χ2n) is 6.67. The van der Waals surface area contributed by atoms with Crippen molar-refractivity contribution in [2.75, 3.05) is 11.9 Å². The van der Waals surface area contributed by atoms with Crippen LogP contribution in [-0.2, 0) is 20.7 Å². The Kier molecular flexibility index (Phi) is 4.81. The minimum Gasteiger partial charge on any atom is -0.464 e. The summed E-state index contributed by atoms with van der Waals surface area (Å²) in [5.41, 5.74) is 3.23. The van der Waals surface area contributed by atoms with E-state index in [1.165, 1.54) is 0 Å². The molecule has 5 heteroatoms. The molecule has 5 nitrogen and oxygen atoms in total. The van der Waals surface area contributed by atoms with Crippen molar-refractivity contribution in [3.8, 4) is 0 Å². The van der Waals surface area contributed by atoms with Crippen molar-refractivity contribution in [1.29, 1.82) is 0 Å². The van der Waals surface area contributed by atoms with Gasteiger partial charge in [0.1, 0.15) is 5.58 Å². The summed E-state index contributed by atoms with van der Waals surface area (Å²) in [5.74, 6) is -0.852. The quantitative estimate of drug-likeness (QED) is 0.518. The lowest BCUT2D eigenvalue weighted by molar-refractivity contribution is -0.146. The van der Waals surface area contributed by atoms with E-state index in [1.807, 2.05) is 55.5 Å². The van der Waals surface area contributed by atoms with Crippen molar-refractivity contribution < 1.29 is 18.7 Å². The van der Waals surface area contributed by atoms with Gasteiger partial charge >= 0.3 is 5.97 Å². The van der Waals surface area contributed by atoms with Gasteiger partial charge in [0.2, 0.25) is 0 Å². The second-order valence-corrected chi connectivity index (χ2v) is 6.67. The first-order valence-corrected chi connectivity index (χ1v) is 9.00. The van der Waals surface area contributed by atoms with Crippen molar-refractivity contribution in [2.45, 2.75) is 13.3 Å². The fourth-order valence-electron chi connectivity index (χ4n) is 3.19. The summed E-state index contributed by atoms with van der Waals surface area (Å²) < 4.78 is 10.7. The van der Waals surface area contributed by atoms with Gasteiger partial charge in [-0.15, -0.1) is 0 Å². The maximum absolute atomic E-state index is 12.2. The normalized spacial score (nSPS) is 10.9. The summed E-state index contributed by atoms with van der Waals surface area (Å²) in [6.45, 7) is 1.64. The van der Waals surface area contributed by atoms with E-state index in [0.717, 1.165) is 32.9 Å². The highest BCUT2D eigenvalue weighted by Gasteiger charge is 2.15. The summed E-state index contributed by atoms with van der Waals surface area (Å²) in [7, 11) is 0. The summed E-state index contributed by atoms with van der Waals surface area (Å²) >= 11 is 0. The maximum atomic E-state index is 12.2. The molecule has 0 saturated heterocycles. The molecule has 28 heavy (non-hydrogen) atoms. The van der Waals surface area contributed by atoms with Crippen LogP contribution in [0.15, 0.2) is 71.3 Å². The number of amides is 1. The molecule has 4 rings (SSSR count). The number of hydrogen-bond acceptors (Lipinski definition) is 4. The number of carbonyl (C=O) groups excluding carboxylic acids is 2. The van der Waals surface area contributed by atoms with Gasteiger partial charge < -0.3 is 14.5 Å². The van der Waals surface area contributed by atoms with Gasteiger partial charge in [0, 0.05) is 16.6 Å². The van der Waals surface area contributed by atoms with Gasteiger partial charge in [-0.3, -0.25) is 9.59 Å². The first kappa shape index (κ1) is 17.8. The van der Waals surface area contributed by atoms with Crippen molar-refractivity contribution in [1.82, 2.24) is 0 Å². The number of nitrogens with one attached hydrogen (secondary N) is 1. The predicted molar refractivity (Wildman–Crippen MR) is 108 cm³/mol. The number of benzene rings is 3. The van der Waals surface area contributed by atoms with Gasteiger partial charge in [-0.05, 0) is 35.9 Å². The number of hydrogen-bond donors (Lipinski definition) is 1. The van der Waals surface area contributed by atoms with Crippen LogP contribution in [-0.4, -0.2) is 18.5 Å². The maximum Gasteiger partial charge on any atom is 0.310 e. The minimum atomic E-state index is -0.477. The zero-order chi connectivity index (χ0) is 19.5. The first-order valence-electron chi connectivity index (χ1n) is 9.00. The summed E-state index contributed by atoms with van der Waals surface area (Å²) in [6, 6.07) is 19.2. The largest absolute Gasteiger partial charge is 0.464 e. The van der Waals surface area contributed by atoms with Gasteiger partial charge in [0.15, 0.2) is 6.61 Å². The molecule has 0 bridgehead atoms. The van der Waals surface area contributed by atoms with Crippen LogP contribution in [0.3, 0.4) is 0 Å². The molecule has 3 aromatic carbocycles. The number of rotatable bonds is 5. The van der Waals surface area contributed by atoms with Crippen molar-refractivity contribution in [3.63, 3.8) is 0 Å². The van der Waals surface area contributed by atoms with E-state index in [4.69, 9.17) is 9.15 Å². The lowest BCUT2D eigenvalue weighted by Gasteiger charge is -2.07. The van der Waals surface area contributed by atoms with Gasteiger partial charge in [0.05, 0.1) is 12.7 Å². The Bertz CT molecular complexity index is 1160. The van der Waals surface area contributed by atoms with E-state index in [-0.39, 0.29) is 18.9 Å². The lowest BCUT2D eigenvalue weighted by atomic mass is 10.0. The molecule has 1 heterocycles. The van der Waals surface area contributed by atoms with Crippen molar-refractivity contribution >= 4 is 39.3 Å². The van der Waals surface area contributed by atoms with Gasteiger partial charge in [-0.1, -0.05) is 48.0 Å². The molecule has 1 amide bonds. The zero-order valence-corrected chi connectivity index (χ0v) is 15.4. The van der Waals surface area contributed by atoms with Gasteiger partial charge in [-0.25, -0.2) is 0 Å². The molecule has 0 atom stereocenters. The third-order valence-corrected chi connectivity index (χ3v) is 4.57. The number of furan rings is 1. The van der Waals surface area contributed by atoms with Crippen LogP contribution in [0.1, 0.15) is 11.1 Å². The average molecular weight is 373 g/mol. The van der Waals surface area contributed by atoms with E-state index in [0.29, 0.717) is 5.69 Å². The smallest absolute Gasteiger partial charge is 0.310 e. The molecular formula is C23H19NO4. The molecule has 0 fully saturated rings. The number of esters is 1. The molecule has 140 valence electrons. The number of ether oxygens (including phenoxy) is 1. The summed E-state index contributed by atoms with van der Waals surface area (Å²) in [5, 5.41) is 5.70. The van der Waals surface area contributed by atoms with Crippen LogP contribution in [0, 0.1) is 6.92 Å². The van der Waals surface area contributed by atoms with Crippen LogP contribution >= 0.6 is 0 Å². The molecule has 0 aliphatic heterocycles. The van der Waals surface area contributed by atoms with E-state index < -0.39 is 5.97 Å². The Hall–Kier alpha value is -3.60. The molecule has 0 unspecified atom stereocenters. The van der Waals surface area contributed by atoms with Crippen molar-refractivity contribution in [3.05, 3.63) is 78.1 Å². The Labute approximate surface area is 161 Å². The van der Waals surface area contributed by atoms with Gasteiger partial charge in [-0.2, -0.15) is 0 Å². The lowest BCUT2D eigenvalue weighted by Crippen LogP contribution is -2.21. The fourth-order valence-corrected chi connectivity index (χ4v) is 3.19. The average Bonchev–Trinajstić information content (AvgIpc) is 3.11. The van der Waals surface area contributed by atoms with Crippen LogP contribution in [0.4, 0.5) is 5.69 Å². The highest BCUT2D eigenvalue weighted by molar-refractivity contribution is 6.08. The zero-order valence-electron chi connectivity index (χ0n) is 15.4. The van der Waals surface area contributed by atoms with E-state index >= 15 is 0 Å². The summed E-state index contributed by atoms with van der Waals surface area (Å²) in [6.07, 6.45) is 1.61. The van der Waals surface area contributed by atoms with E-state index in [1.54, 1.807) is 18.4 Å². The monoisotopic (exact) mass is 373 g/mol. The molecule has 1 N–H and O–H groups in total. The molecule has 0 aliphatic carbocycles. The number of carbonyl (C=O) groups is 2. The Balaban J connectivity index is 1.42.